The fourth-order valence-electron chi connectivity index (χ4n) is 2.31. The van der Waals surface area contributed by atoms with Crippen LogP contribution in [0.5, 0.6) is 0 Å². The third-order valence-electron chi connectivity index (χ3n) is 3.20. The average Bonchev–Trinajstić information content (AvgIpc) is 2.68. The zero-order chi connectivity index (χ0) is 14.9. The number of nitrogens with two attached hydrogens (primary N) is 2. The normalized spacial score (nSPS) is 12.2. The molecule has 0 bridgehead atoms. The maximum absolute atomic E-state index is 11.4. The smallest absolute Gasteiger partial charge is 0.250 e. The van der Waals surface area contributed by atoms with Crippen LogP contribution >= 0.6 is 0 Å². The van der Waals surface area contributed by atoms with Gasteiger partial charge in [-0.2, -0.15) is 0 Å². The second kappa shape index (κ2) is 5.24. The third-order valence-corrected chi connectivity index (χ3v) is 3.20. The van der Waals surface area contributed by atoms with E-state index in [2.05, 4.69) is 10.5 Å². The number of anilines is 2. The van der Waals surface area contributed by atoms with Crippen LogP contribution in [-0.4, -0.2) is 11.1 Å². The molecule has 0 radical (unpaired) electrons. The predicted octanol–water partition coefficient (Wildman–Crippen LogP) is 2.15. The molecule has 2 rings (SSSR count). The van der Waals surface area contributed by atoms with Gasteiger partial charge in [0.25, 0.3) is 5.91 Å². The molecule has 20 heavy (non-hydrogen) atoms. The lowest BCUT2D eigenvalue weighted by molar-refractivity contribution is 0.100. The minimum atomic E-state index is -0.501. The lowest BCUT2D eigenvalue weighted by Gasteiger charge is -2.17. The summed E-state index contributed by atoms with van der Waals surface area (Å²) in [6.45, 7) is 5.68. The number of nitrogen functional groups attached to an aromatic ring is 1. The number of primary amides is 1. The largest absolute Gasteiger partial charge is 0.399 e. The van der Waals surface area contributed by atoms with Gasteiger partial charge in [0.15, 0.2) is 0 Å². The van der Waals surface area contributed by atoms with Crippen molar-refractivity contribution in [2.45, 2.75) is 26.8 Å². The molecule has 6 nitrogen and oxygen atoms in total. The van der Waals surface area contributed by atoms with Gasteiger partial charge in [-0.15, -0.1) is 0 Å². The van der Waals surface area contributed by atoms with E-state index in [1.54, 1.807) is 18.2 Å². The summed E-state index contributed by atoms with van der Waals surface area (Å²) < 4.78 is 5.15. The molecule has 0 aliphatic carbocycles. The average molecular weight is 274 g/mol. The number of amides is 1. The van der Waals surface area contributed by atoms with Crippen molar-refractivity contribution in [3.8, 4) is 0 Å². The zero-order valence-electron chi connectivity index (χ0n) is 11.7. The predicted molar refractivity (Wildman–Crippen MR) is 77.4 cm³/mol. The standard InChI is InChI=1S/C14H18N4O2/c1-7(13-8(2)18-20-9(13)3)17-12-6-10(15)4-5-11(12)14(16)19/h4-7,17H,15H2,1-3H3,(H2,16,19). The maximum atomic E-state index is 11.4. The van der Waals surface area contributed by atoms with Gasteiger partial charge in [-0.1, -0.05) is 5.16 Å². The maximum Gasteiger partial charge on any atom is 0.250 e. The second-order valence-corrected chi connectivity index (χ2v) is 4.77. The first-order chi connectivity index (χ1) is 9.40. The highest BCUT2D eigenvalue weighted by Crippen LogP contribution is 2.27. The lowest BCUT2D eigenvalue weighted by atomic mass is 10.0. The van der Waals surface area contributed by atoms with Crippen LogP contribution in [0.4, 0.5) is 11.4 Å². The summed E-state index contributed by atoms with van der Waals surface area (Å²) >= 11 is 0. The Hall–Kier alpha value is -2.50. The van der Waals surface area contributed by atoms with Gasteiger partial charge in [0, 0.05) is 16.9 Å². The van der Waals surface area contributed by atoms with E-state index in [-0.39, 0.29) is 6.04 Å². The van der Waals surface area contributed by atoms with Crippen molar-refractivity contribution in [3.63, 3.8) is 0 Å². The fourth-order valence-corrected chi connectivity index (χ4v) is 2.31. The monoisotopic (exact) mass is 274 g/mol. The summed E-state index contributed by atoms with van der Waals surface area (Å²) in [5.41, 5.74) is 14.5. The van der Waals surface area contributed by atoms with Crippen molar-refractivity contribution in [1.29, 1.82) is 0 Å². The summed E-state index contributed by atoms with van der Waals surface area (Å²) in [6, 6.07) is 4.86. The van der Waals surface area contributed by atoms with E-state index >= 15 is 0 Å². The van der Waals surface area contributed by atoms with Gasteiger partial charge in [0.05, 0.1) is 17.3 Å². The summed E-state index contributed by atoms with van der Waals surface area (Å²) in [6.07, 6.45) is 0. The van der Waals surface area contributed by atoms with Crippen molar-refractivity contribution >= 4 is 17.3 Å². The number of nitrogens with zero attached hydrogens (tertiary/aromatic N) is 1. The van der Waals surface area contributed by atoms with Gasteiger partial charge >= 0.3 is 0 Å². The van der Waals surface area contributed by atoms with E-state index in [1.807, 2.05) is 20.8 Å². The quantitative estimate of drug-likeness (QED) is 0.740. The molecule has 106 valence electrons. The number of carbonyl (C=O) groups excluding carboxylic acids is 1. The molecule has 1 aromatic carbocycles. The van der Waals surface area contributed by atoms with E-state index in [1.165, 1.54) is 0 Å². The van der Waals surface area contributed by atoms with Gasteiger partial charge in [-0.25, -0.2) is 0 Å². The molecule has 0 saturated heterocycles. The van der Waals surface area contributed by atoms with Gasteiger partial charge in [0.2, 0.25) is 0 Å². The number of nitrogens with one attached hydrogen (secondary N) is 1. The van der Waals surface area contributed by atoms with Crippen molar-refractivity contribution in [2.24, 2.45) is 5.73 Å². The van der Waals surface area contributed by atoms with Gasteiger partial charge < -0.3 is 21.3 Å². The molecule has 0 aliphatic rings. The van der Waals surface area contributed by atoms with E-state index in [0.29, 0.717) is 16.9 Å². The van der Waals surface area contributed by atoms with Crippen LogP contribution in [0.15, 0.2) is 22.7 Å². The molecule has 1 heterocycles. The fraction of sp³-hybridized carbons (Fsp3) is 0.286. The van der Waals surface area contributed by atoms with E-state index in [9.17, 15) is 4.79 Å². The number of benzene rings is 1. The molecule has 1 amide bonds. The molecule has 0 saturated carbocycles. The van der Waals surface area contributed by atoms with Crippen molar-refractivity contribution in [3.05, 3.63) is 40.8 Å². The van der Waals surface area contributed by atoms with E-state index in [4.69, 9.17) is 16.0 Å². The lowest BCUT2D eigenvalue weighted by Crippen LogP contribution is -2.16. The molecule has 2 aromatic rings. The van der Waals surface area contributed by atoms with Crippen LogP contribution in [0, 0.1) is 13.8 Å². The SMILES string of the molecule is Cc1noc(C)c1C(C)Nc1cc(N)ccc1C(N)=O. The van der Waals surface area contributed by atoms with Crippen molar-refractivity contribution in [2.75, 3.05) is 11.1 Å². The topological polar surface area (TPSA) is 107 Å². The number of aryl methyl sites for hydroxylation is 2. The molecule has 0 spiro atoms. The minimum Gasteiger partial charge on any atom is -0.399 e. The number of hydrogen-bond acceptors (Lipinski definition) is 5. The summed E-state index contributed by atoms with van der Waals surface area (Å²) in [5.74, 6) is 0.241. The van der Waals surface area contributed by atoms with Crippen molar-refractivity contribution in [1.82, 2.24) is 5.16 Å². The minimum absolute atomic E-state index is 0.0823. The summed E-state index contributed by atoms with van der Waals surface area (Å²) in [7, 11) is 0. The van der Waals surface area contributed by atoms with Crippen LogP contribution in [0.25, 0.3) is 0 Å². The van der Waals surface area contributed by atoms with Crippen LogP contribution in [0.3, 0.4) is 0 Å². The van der Waals surface area contributed by atoms with Crippen LogP contribution in [0.1, 0.15) is 40.3 Å². The highest BCUT2D eigenvalue weighted by molar-refractivity contribution is 5.99. The molecule has 1 atom stereocenters. The highest BCUT2D eigenvalue weighted by atomic mass is 16.5. The number of aromatic nitrogens is 1. The first kappa shape index (κ1) is 13.9. The Bertz CT molecular complexity index is 629. The van der Waals surface area contributed by atoms with Gasteiger partial charge in [0.1, 0.15) is 5.76 Å². The van der Waals surface area contributed by atoms with E-state index in [0.717, 1.165) is 17.0 Å². The van der Waals surface area contributed by atoms with Crippen molar-refractivity contribution < 1.29 is 9.32 Å². The van der Waals surface area contributed by atoms with Gasteiger partial charge in [-0.05, 0) is 39.0 Å². The third kappa shape index (κ3) is 2.59. The Morgan fingerprint density at radius 3 is 2.65 bits per heavy atom. The molecule has 0 aliphatic heterocycles. The zero-order valence-corrected chi connectivity index (χ0v) is 11.7. The molecule has 1 aromatic heterocycles. The molecule has 0 fully saturated rings. The van der Waals surface area contributed by atoms with Gasteiger partial charge in [-0.3, -0.25) is 4.79 Å². The number of hydrogen-bond donors (Lipinski definition) is 3. The Labute approximate surface area is 117 Å². The first-order valence-electron chi connectivity index (χ1n) is 6.28. The highest BCUT2D eigenvalue weighted by Gasteiger charge is 2.18. The molecule has 6 heteroatoms. The summed E-state index contributed by atoms with van der Waals surface area (Å²) in [4.78, 5) is 11.4. The molecular weight excluding hydrogens is 256 g/mol. The summed E-state index contributed by atoms with van der Waals surface area (Å²) in [5, 5.41) is 7.16. The molecular formula is C14H18N4O2. The first-order valence-corrected chi connectivity index (χ1v) is 6.28. The number of rotatable bonds is 4. The van der Waals surface area contributed by atoms with Crippen LogP contribution in [-0.2, 0) is 0 Å². The second-order valence-electron chi connectivity index (χ2n) is 4.77. The Kier molecular flexibility index (Phi) is 3.65. The van der Waals surface area contributed by atoms with E-state index < -0.39 is 5.91 Å². The Morgan fingerprint density at radius 2 is 2.10 bits per heavy atom. The molecule has 1 unspecified atom stereocenters. The van der Waals surface area contributed by atoms with Crippen LogP contribution < -0.4 is 16.8 Å². The Balaban J connectivity index is 2.35. The van der Waals surface area contributed by atoms with Crippen LogP contribution in [0.2, 0.25) is 0 Å². The number of carbonyl (C=O) groups is 1. The Morgan fingerprint density at radius 1 is 1.40 bits per heavy atom. The molecule has 5 N–H and O–H groups in total.